The lowest BCUT2D eigenvalue weighted by Gasteiger charge is -2.19. The van der Waals surface area contributed by atoms with Crippen molar-refractivity contribution >= 4 is 28.8 Å². The maximum absolute atomic E-state index is 12.0. The van der Waals surface area contributed by atoms with E-state index in [1.807, 2.05) is 0 Å². The average molecular weight is 502 g/mol. The Kier molecular flexibility index (Phi) is 6.53. The first-order valence-electron chi connectivity index (χ1n) is 11.5. The van der Waals surface area contributed by atoms with Crippen LogP contribution in [0.25, 0.3) is 17.1 Å². The number of aromatic nitrogens is 6. The van der Waals surface area contributed by atoms with Crippen molar-refractivity contribution in [2.45, 2.75) is 43.2 Å². The first-order chi connectivity index (χ1) is 17.4. The van der Waals surface area contributed by atoms with Gasteiger partial charge in [0.1, 0.15) is 18.8 Å². The standard InChI is InChI=1S/C21H27N9O6/c1-22-20(35)10-5-24-30(6-10)21-27-18(25-11-2-3-36-8-11)15-19(28-21)29(9-23-15)13-4-12(16(33)17(13)34)26-14(32)7-31/h5-6,9,11-13,16-17,31,33-34H,2-4,7-8H2,1H3,(H,22,35)(H,26,32)(H,25,27,28)/t11-,12+,13-,16-,17+/m1/s1. The largest absolute Gasteiger partial charge is 0.388 e. The van der Waals surface area contributed by atoms with Gasteiger partial charge in [-0.2, -0.15) is 15.1 Å². The molecule has 192 valence electrons. The number of carbonyl (C=O) groups excluding carboxylic acids is 2. The Balaban J connectivity index is 1.55. The molecule has 2 amide bonds. The quantitative estimate of drug-likeness (QED) is 0.204. The van der Waals surface area contributed by atoms with Gasteiger partial charge < -0.3 is 40.6 Å². The van der Waals surface area contributed by atoms with E-state index in [9.17, 15) is 19.8 Å². The van der Waals surface area contributed by atoms with Crippen molar-refractivity contribution < 1.29 is 29.6 Å². The molecule has 3 aromatic heterocycles. The summed E-state index contributed by atoms with van der Waals surface area (Å²) >= 11 is 0. The number of hydrogen-bond acceptors (Lipinski definition) is 11. The van der Waals surface area contributed by atoms with E-state index in [4.69, 9.17) is 9.84 Å². The predicted octanol–water partition coefficient (Wildman–Crippen LogP) is -2.28. The van der Waals surface area contributed by atoms with Gasteiger partial charge in [0, 0.05) is 19.9 Å². The van der Waals surface area contributed by atoms with Gasteiger partial charge in [0.05, 0.1) is 42.8 Å². The third kappa shape index (κ3) is 4.37. The Bertz CT molecular complexity index is 1270. The van der Waals surface area contributed by atoms with Crippen LogP contribution in [-0.4, -0.2) is 108 Å². The fraction of sp³-hybridized carbons (Fsp3) is 0.524. The van der Waals surface area contributed by atoms with E-state index in [1.165, 1.54) is 30.5 Å². The topological polar surface area (TPSA) is 202 Å². The van der Waals surface area contributed by atoms with Crippen molar-refractivity contribution in [2.75, 3.05) is 32.2 Å². The van der Waals surface area contributed by atoms with Crippen LogP contribution in [0, 0.1) is 0 Å². The molecule has 0 radical (unpaired) electrons. The van der Waals surface area contributed by atoms with E-state index in [1.54, 1.807) is 4.57 Å². The molecule has 15 nitrogen and oxygen atoms in total. The molecule has 4 heterocycles. The minimum absolute atomic E-state index is 0.0112. The van der Waals surface area contributed by atoms with Gasteiger partial charge in [-0.1, -0.05) is 0 Å². The maximum atomic E-state index is 12.0. The van der Waals surface area contributed by atoms with Crippen molar-refractivity contribution in [3.63, 3.8) is 0 Å². The fourth-order valence-corrected chi connectivity index (χ4v) is 4.57. The summed E-state index contributed by atoms with van der Waals surface area (Å²) in [7, 11) is 1.52. The van der Waals surface area contributed by atoms with Gasteiger partial charge in [-0.3, -0.25) is 9.59 Å². The Labute approximate surface area is 204 Å². The molecule has 0 unspecified atom stereocenters. The van der Waals surface area contributed by atoms with Crippen LogP contribution in [0.15, 0.2) is 18.7 Å². The van der Waals surface area contributed by atoms with Gasteiger partial charge in [-0.25, -0.2) is 9.67 Å². The Morgan fingerprint density at radius 1 is 1.25 bits per heavy atom. The summed E-state index contributed by atoms with van der Waals surface area (Å²) in [6.07, 6.45) is 2.87. The molecule has 5 atom stereocenters. The predicted molar refractivity (Wildman–Crippen MR) is 123 cm³/mol. The molecule has 2 fully saturated rings. The highest BCUT2D eigenvalue weighted by atomic mass is 16.5. The summed E-state index contributed by atoms with van der Waals surface area (Å²) < 4.78 is 8.44. The van der Waals surface area contributed by atoms with Crippen LogP contribution in [0.4, 0.5) is 5.82 Å². The SMILES string of the molecule is CNC(=O)c1cnn(-c2nc(N[C@@H]3CCOC3)c3ncn([C@@H]4C[C@H](NC(=O)CO)[C@@H](O)[C@H]4O)c3n2)c1. The number of aliphatic hydroxyl groups is 3. The van der Waals surface area contributed by atoms with E-state index in [0.29, 0.717) is 35.8 Å². The number of nitrogens with zero attached hydrogens (tertiary/aromatic N) is 6. The second-order valence-electron chi connectivity index (χ2n) is 8.77. The zero-order chi connectivity index (χ0) is 25.4. The number of aliphatic hydroxyl groups excluding tert-OH is 3. The van der Waals surface area contributed by atoms with Gasteiger partial charge >= 0.3 is 0 Å². The monoisotopic (exact) mass is 501 g/mol. The summed E-state index contributed by atoms with van der Waals surface area (Å²) in [6.45, 7) is 0.398. The Morgan fingerprint density at radius 3 is 2.81 bits per heavy atom. The van der Waals surface area contributed by atoms with Crippen LogP contribution in [0.2, 0.25) is 0 Å². The number of rotatable bonds is 7. The second kappa shape index (κ2) is 9.77. The summed E-state index contributed by atoms with van der Waals surface area (Å²) in [4.78, 5) is 37.3. The van der Waals surface area contributed by atoms with Crippen molar-refractivity contribution in [3.05, 3.63) is 24.3 Å². The zero-order valence-corrected chi connectivity index (χ0v) is 19.4. The molecule has 6 N–H and O–H groups in total. The summed E-state index contributed by atoms with van der Waals surface area (Å²) in [5, 5.41) is 42.9. The normalized spacial score (nSPS) is 25.8. The first kappa shape index (κ1) is 24.1. The Morgan fingerprint density at radius 2 is 2.08 bits per heavy atom. The molecule has 2 aliphatic rings. The van der Waals surface area contributed by atoms with Crippen molar-refractivity contribution in [1.29, 1.82) is 0 Å². The number of fused-ring (bicyclic) bond motifs is 1. The van der Waals surface area contributed by atoms with Crippen LogP contribution in [0.3, 0.4) is 0 Å². The lowest BCUT2D eigenvalue weighted by Crippen LogP contribution is -2.44. The molecular weight excluding hydrogens is 474 g/mol. The van der Waals surface area contributed by atoms with Gasteiger partial charge in [0.15, 0.2) is 17.0 Å². The summed E-state index contributed by atoms with van der Waals surface area (Å²) in [6, 6.07) is -1.42. The molecule has 1 saturated carbocycles. The zero-order valence-electron chi connectivity index (χ0n) is 19.4. The highest BCUT2D eigenvalue weighted by molar-refractivity contribution is 5.93. The molecule has 1 aliphatic carbocycles. The van der Waals surface area contributed by atoms with E-state index in [-0.39, 0.29) is 24.3 Å². The summed E-state index contributed by atoms with van der Waals surface area (Å²) in [5.74, 6) is -0.367. The number of carbonyl (C=O) groups is 2. The number of nitrogens with one attached hydrogen (secondary N) is 3. The highest BCUT2D eigenvalue weighted by Crippen LogP contribution is 2.34. The molecule has 3 aromatic rings. The number of imidazole rings is 1. The van der Waals surface area contributed by atoms with E-state index < -0.39 is 36.8 Å². The van der Waals surface area contributed by atoms with Gasteiger partial charge in [0.25, 0.3) is 11.9 Å². The molecule has 1 saturated heterocycles. The van der Waals surface area contributed by atoms with Crippen LogP contribution in [0.5, 0.6) is 0 Å². The first-order valence-corrected chi connectivity index (χ1v) is 11.5. The minimum atomic E-state index is -1.25. The van der Waals surface area contributed by atoms with E-state index in [0.717, 1.165) is 6.42 Å². The molecule has 1 aliphatic heterocycles. The smallest absolute Gasteiger partial charge is 0.254 e. The highest BCUT2D eigenvalue weighted by Gasteiger charge is 2.44. The van der Waals surface area contributed by atoms with Gasteiger partial charge in [-0.05, 0) is 12.8 Å². The van der Waals surface area contributed by atoms with Crippen molar-refractivity contribution in [3.8, 4) is 5.95 Å². The van der Waals surface area contributed by atoms with Crippen LogP contribution in [-0.2, 0) is 9.53 Å². The Hall–Kier alpha value is -3.66. The molecule has 36 heavy (non-hydrogen) atoms. The second-order valence-corrected chi connectivity index (χ2v) is 8.77. The number of ether oxygens (including phenoxy) is 1. The number of anilines is 1. The lowest BCUT2D eigenvalue weighted by atomic mass is 10.2. The van der Waals surface area contributed by atoms with Crippen LogP contribution >= 0.6 is 0 Å². The molecule has 15 heteroatoms. The van der Waals surface area contributed by atoms with E-state index >= 15 is 0 Å². The fourth-order valence-electron chi connectivity index (χ4n) is 4.57. The number of amides is 2. The molecule has 0 spiro atoms. The van der Waals surface area contributed by atoms with Crippen LogP contribution < -0.4 is 16.0 Å². The molecule has 0 aromatic carbocycles. The third-order valence-electron chi connectivity index (χ3n) is 6.46. The average Bonchev–Trinajstić information content (AvgIpc) is 3.68. The van der Waals surface area contributed by atoms with Gasteiger partial charge in [-0.15, -0.1) is 0 Å². The van der Waals surface area contributed by atoms with E-state index in [2.05, 4.69) is 36.0 Å². The van der Waals surface area contributed by atoms with Crippen molar-refractivity contribution in [1.82, 2.24) is 39.9 Å². The van der Waals surface area contributed by atoms with Crippen molar-refractivity contribution in [2.24, 2.45) is 0 Å². The molecule has 0 bridgehead atoms. The molecular formula is C21H27N9O6. The van der Waals surface area contributed by atoms with Gasteiger partial charge in [0.2, 0.25) is 5.91 Å². The summed E-state index contributed by atoms with van der Waals surface area (Å²) in [5.41, 5.74) is 1.13. The third-order valence-corrected chi connectivity index (χ3v) is 6.46. The maximum Gasteiger partial charge on any atom is 0.254 e. The lowest BCUT2D eigenvalue weighted by molar-refractivity contribution is -0.125. The number of hydrogen-bond donors (Lipinski definition) is 6. The minimum Gasteiger partial charge on any atom is -0.388 e. The molecule has 5 rings (SSSR count). The van der Waals surface area contributed by atoms with Crippen LogP contribution in [0.1, 0.15) is 29.2 Å².